The molecule has 1 aromatic carbocycles. The van der Waals surface area contributed by atoms with Gasteiger partial charge in [-0.25, -0.2) is 4.79 Å². The van der Waals surface area contributed by atoms with Crippen molar-refractivity contribution in [3.05, 3.63) is 29.3 Å². The minimum Gasteiger partial charge on any atom is -0.480 e. The normalized spacial score (nSPS) is 12.6. The monoisotopic (exact) mass is 393 g/mol. The maximum absolute atomic E-state index is 13.0. The van der Waals surface area contributed by atoms with Gasteiger partial charge in [-0.15, -0.1) is 11.8 Å². The summed E-state index contributed by atoms with van der Waals surface area (Å²) in [5, 5.41) is 11.6. The predicted octanol–water partition coefficient (Wildman–Crippen LogP) is 5.15. The zero-order valence-corrected chi connectivity index (χ0v) is 16.0. The predicted molar refractivity (Wildman–Crippen MR) is 94.3 cm³/mol. The number of hydrogen-bond donors (Lipinski definition) is 2. The van der Waals surface area contributed by atoms with Crippen LogP contribution in [0.5, 0.6) is 0 Å². The van der Waals surface area contributed by atoms with Crippen LogP contribution < -0.4 is 5.32 Å². The third kappa shape index (κ3) is 6.78. The molecule has 0 saturated heterocycles. The van der Waals surface area contributed by atoms with E-state index in [0.29, 0.717) is 0 Å². The first-order valence-corrected chi connectivity index (χ1v) is 8.68. The van der Waals surface area contributed by atoms with Gasteiger partial charge in [0.1, 0.15) is 10.3 Å². The van der Waals surface area contributed by atoms with Gasteiger partial charge in [0.15, 0.2) is 0 Å². The van der Waals surface area contributed by atoms with Crippen molar-refractivity contribution in [3.8, 4) is 0 Å². The van der Waals surface area contributed by atoms with Crippen molar-refractivity contribution in [2.75, 3.05) is 5.32 Å². The first-order chi connectivity index (χ1) is 11.6. The molecule has 1 rings (SSSR count). The van der Waals surface area contributed by atoms with Gasteiger partial charge >= 0.3 is 18.2 Å². The number of carboxylic acids is 1. The Bertz CT molecular complexity index is 682. The van der Waals surface area contributed by atoms with Crippen LogP contribution in [-0.4, -0.2) is 27.5 Å². The number of alkyl halides is 3. The Hall–Kier alpha value is -1.90. The van der Waals surface area contributed by atoms with E-state index in [1.807, 2.05) is 0 Å². The number of halogens is 3. The highest BCUT2D eigenvalue weighted by atomic mass is 32.2. The molecular weight excluding hydrogens is 371 g/mol. The van der Waals surface area contributed by atoms with Gasteiger partial charge in [-0.3, -0.25) is 10.1 Å². The number of rotatable bonds is 5. The maximum Gasteiger partial charge on any atom is 0.416 e. The molecule has 0 aliphatic heterocycles. The molecule has 1 aromatic rings. The van der Waals surface area contributed by atoms with Crippen LogP contribution in [0.25, 0.3) is 0 Å². The second-order valence-electron chi connectivity index (χ2n) is 7.10. The number of amides is 1. The molecule has 0 aliphatic rings. The molecule has 0 radical (unpaired) electrons. The largest absolute Gasteiger partial charge is 0.480 e. The number of carbonyl (C=O) groups excluding carboxylic acids is 1. The number of benzene rings is 1. The standard InChI is InChI=1S/C17H22F3NO4S/c1-15(2,3)25-14(24)21-12-7-6-11(17(18,19)20)8-10(12)9-26-16(4,5)13(22)23/h6-8H,9H2,1-5H3,(H,21,24)(H,22,23). The Balaban J connectivity index is 3.12. The first kappa shape index (κ1) is 22.1. The summed E-state index contributed by atoms with van der Waals surface area (Å²) >= 11 is 0.955. The topological polar surface area (TPSA) is 75.6 Å². The summed E-state index contributed by atoms with van der Waals surface area (Å²) in [4.78, 5) is 23.1. The van der Waals surface area contributed by atoms with E-state index in [1.54, 1.807) is 20.8 Å². The van der Waals surface area contributed by atoms with Crippen LogP contribution >= 0.6 is 11.8 Å². The van der Waals surface area contributed by atoms with E-state index in [0.717, 1.165) is 30.0 Å². The second-order valence-corrected chi connectivity index (χ2v) is 8.70. The quantitative estimate of drug-likeness (QED) is 0.724. The summed E-state index contributed by atoms with van der Waals surface area (Å²) in [5.41, 5.74) is -1.35. The molecule has 0 spiro atoms. The van der Waals surface area contributed by atoms with Crippen LogP contribution in [0.2, 0.25) is 0 Å². The Morgan fingerprint density at radius 3 is 2.19 bits per heavy atom. The van der Waals surface area contributed by atoms with Gasteiger partial charge in [-0.2, -0.15) is 13.2 Å². The molecule has 146 valence electrons. The Morgan fingerprint density at radius 2 is 1.73 bits per heavy atom. The molecule has 0 aliphatic carbocycles. The summed E-state index contributed by atoms with van der Waals surface area (Å²) in [6, 6.07) is 2.89. The van der Waals surface area contributed by atoms with Crippen molar-refractivity contribution in [1.82, 2.24) is 0 Å². The van der Waals surface area contributed by atoms with Crippen LogP contribution in [0.15, 0.2) is 18.2 Å². The molecule has 1 amide bonds. The fourth-order valence-corrected chi connectivity index (χ4v) is 2.62. The molecule has 0 heterocycles. The molecule has 0 atom stereocenters. The Kier molecular flexibility index (Phi) is 6.62. The number of carbonyl (C=O) groups is 2. The highest BCUT2D eigenvalue weighted by molar-refractivity contribution is 8.00. The van der Waals surface area contributed by atoms with Crippen molar-refractivity contribution in [2.24, 2.45) is 0 Å². The molecule has 0 unspecified atom stereocenters. The van der Waals surface area contributed by atoms with E-state index in [4.69, 9.17) is 9.84 Å². The molecule has 26 heavy (non-hydrogen) atoms. The second kappa shape index (κ2) is 7.77. The van der Waals surface area contributed by atoms with Crippen molar-refractivity contribution < 1.29 is 32.6 Å². The lowest BCUT2D eigenvalue weighted by atomic mass is 10.1. The van der Waals surface area contributed by atoms with Gasteiger partial charge < -0.3 is 9.84 Å². The minimum atomic E-state index is -4.55. The Labute approximate surface area is 154 Å². The third-order valence-corrected chi connectivity index (χ3v) is 4.52. The van der Waals surface area contributed by atoms with Crippen LogP contribution in [0.3, 0.4) is 0 Å². The van der Waals surface area contributed by atoms with Crippen LogP contribution in [0.4, 0.5) is 23.7 Å². The summed E-state index contributed by atoms with van der Waals surface area (Å²) in [6.07, 6.45) is -5.35. The first-order valence-electron chi connectivity index (χ1n) is 7.69. The summed E-state index contributed by atoms with van der Waals surface area (Å²) in [5.74, 6) is -1.12. The zero-order chi connectivity index (χ0) is 20.3. The van der Waals surface area contributed by atoms with Gasteiger partial charge in [0.05, 0.1) is 5.56 Å². The smallest absolute Gasteiger partial charge is 0.416 e. The molecule has 2 N–H and O–H groups in total. The molecular formula is C17H22F3NO4S. The van der Waals surface area contributed by atoms with Crippen LogP contribution in [0.1, 0.15) is 45.7 Å². The van der Waals surface area contributed by atoms with Gasteiger partial charge in [0, 0.05) is 11.4 Å². The van der Waals surface area contributed by atoms with E-state index < -0.39 is 34.2 Å². The lowest BCUT2D eigenvalue weighted by molar-refractivity contribution is -0.139. The summed E-state index contributed by atoms with van der Waals surface area (Å²) < 4.78 is 42.8. The molecule has 0 fully saturated rings. The maximum atomic E-state index is 13.0. The molecule has 5 nitrogen and oxygen atoms in total. The average molecular weight is 393 g/mol. The molecule has 0 aromatic heterocycles. The Morgan fingerprint density at radius 1 is 1.15 bits per heavy atom. The van der Waals surface area contributed by atoms with E-state index in [1.165, 1.54) is 13.8 Å². The fraction of sp³-hybridized carbons (Fsp3) is 0.529. The third-order valence-electron chi connectivity index (χ3n) is 3.17. The van der Waals surface area contributed by atoms with E-state index in [2.05, 4.69) is 5.32 Å². The van der Waals surface area contributed by atoms with Crippen molar-refractivity contribution in [1.29, 1.82) is 0 Å². The highest BCUT2D eigenvalue weighted by Gasteiger charge is 2.32. The number of ether oxygens (including phenoxy) is 1. The number of aliphatic carboxylic acids is 1. The van der Waals surface area contributed by atoms with E-state index in [-0.39, 0.29) is 17.0 Å². The zero-order valence-electron chi connectivity index (χ0n) is 15.2. The average Bonchev–Trinajstić information content (AvgIpc) is 2.42. The van der Waals surface area contributed by atoms with Crippen molar-refractivity contribution in [3.63, 3.8) is 0 Å². The molecule has 9 heteroatoms. The number of nitrogens with one attached hydrogen (secondary N) is 1. The van der Waals surface area contributed by atoms with Crippen molar-refractivity contribution >= 4 is 29.5 Å². The summed E-state index contributed by atoms with van der Waals surface area (Å²) in [7, 11) is 0. The fourth-order valence-electron chi connectivity index (χ4n) is 1.74. The number of thioether (sulfide) groups is 1. The van der Waals surface area contributed by atoms with Gasteiger partial charge in [-0.05, 0) is 58.4 Å². The summed E-state index contributed by atoms with van der Waals surface area (Å²) in [6.45, 7) is 7.88. The SMILES string of the molecule is CC(C)(C)OC(=O)Nc1ccc(C(F)(F)F)cc1CSC(C)(C)C(=O)O. The van der Waals surface area contributed by atoms with Gasteiger partial charge in [0.2, 0.25) is 0 Å². The van der Waals surface area contributed by atoms with E-state index >= 15 is 0 Å². The van der Waals surface area contributed by atoms with E-state index in [9.17, 15) is 22.8 Å². The number of hydrogen-bond acceptors (Lipinski definition) is 4. The number of anilines is 1. The number of carboxylic acid groups (broad SMARTS) is 1. The minimum absolute atomic E-state index is 0.0334. The van der Waals surface area contributed by atoms with Gasteiger partial charge in [-0.1, -0.05) is 0 Å². The molecule has 0 bridgehead atoms. The van der Waals surface area contributed by atoms with Crippen LogP contribution in [-0.2, 0) is 21.5 Å². The van der Waals surface area contributed by atoms with Gasteiger partial charge in [0.25, 0.3) is 0 Å². The lowest BCUT2D eigenvalue weighted by Gasteiger charge is -2.22. The van der Waals surface area contributed by atoms with Crippen molar-refractivity contribution in [2.45, 2.75) is 56.9 Å². The highest BCUT2D eigenvalue weighted by Crippen LogP contribution is 2.35. The van der Waals surface area contributed by atoms with Crippen LogP contribution in [0, 0.1) is 0 Å². The molecule has 0 saturated carbocycles. The lowest BCUT2D eigenvalue weighted by Crippen LogP contribution is -2.28.